The third-order valence-electron chi connectivity index (χ3n) is 5.27. The summed E-state index contributed by atoms with van der Waals surface area (Å²) in [6, 6.07) is 21.7. The van der Waals surface area contributed by atoms with Gasteiger partial charge in [-0.05, 0) is 41.0 Å². The average molecular weight is 452 g/mol. The van der Waals surface area contributed by atoms with Gasteiger partial charge in [0.05, 0.1) is 18.8 Å². The predicted octanol–water partition coefficient (Wildman–Crippen LogP) is 5.05. The van der Waals surface area contributed by atoms with Crippen LogP contribution in [0.25, 0.3) is 22.4 Å². The van der Waals surface area contributed by atoms with E-state index in [-0.39, 0.29) is 5.91 Å². The number of benzene rings is 2. The average Bonchev–Trinajstić information content (AvgIpc) is 3.56. The summed E-state index contributed by atoms with van der Waals surface area (Å²) in [5.41, 5.74) is 5.60. The maximum Gasteiger partial charge on any atom is 0.252 e. The molecule has 1 amide bonds. The van der Waals surface area contributed by atoms with Crippen molar-refractivity contribution < 1.29 is 4.79 Å². The first kappa shape index (κ1) is 20.8. The van der Waals surface area contributed by atoms with Gasteiger partial charge in [0.15, 0.2) is 0 Å². The van der Waals surface area contributed by atoms with E-state index in [1.54, 1.807) is 18.6 Å². The second-order valence-electron chi connectivity index (χ2n) is 7.49. The molecule has 0 aliphatic rings. The van der Waals surface area contributed by atoms with Gasteiger partial charge in [-0.15, -0.1) is 11.3 Å². The number of nitrogens with one attached hydrogen (secondary N) is 1. The Morgan fingerprint density at radius 2 is 1.73 bits per heavy atom. The number of carbonyl (C=O) groups is 1. The fraction of sp³-hybridized carbons (Fsp3) is 0.0769. The van der Waals surface area contributed by atoms with Crippen molar-refractivity contribution in [3.8, 4) is 22.4 Å². The summed E-state index contributed by atoms with van der Waals surface area (Å²) >= 11 is 1.53. The zero-order chi connectivity index (χ0) is 22.5. The molecule has 0 unspecified atom stereocenters. The van der Waals surface area contributed by atoms with E-state index < -0.39 is 0 Å². The van der Waals surface area contributed by atoms with Crippen molar-refractivity contribution in [3.63, 3.8) is 0 Å². The molecule has 0 saturated carbocycles. The number of hydrogen-bond donors (Lipinski definition) is 1. The van der Waals surface area contributed by atoms with Gasteiger partial charge in [0.1, 0.15) is 5.01 Å². The van der Waals surface area contributed by atoms with Crippen molar-refractivity contribution in [2.75, 3.05) is 0 Å². The van der Waals surface area contributed by atoms with Gasteiger partial charge >= 0.3 is 0 Å². The minimum absolute atomic E-state index is 0.119. The van der Waals surface area contributed by atoms with Crippen molar-refractivity contribution >= 4 is 17.2 Å². The Bertz CT molecular complexity index is 1350. The van der Waals surface area contributed by atoms with Gasteiger partial charge < -0.3 is 5.32 Å². The molecule has 0 fully saturated rings. The first-order valence-electron chi connectivity index (χ1n) is 10.5. The lowest BCUT2D eigenvalue weighted by Gasteiger charge is -2.11. The zero-order valence-corrected chi connectivity index (χ0v) is 18.6. The van der Waals surface area contributed by atoms with Crippen LogP contribution in [0.4, 0.5) is 0 Å². The molecule has 0 spiro atoms. The molecule has 6 nitrogen and oxygen atoms in total. The summed E-state index contributed by atoms with van der Waals surface area (Å²) < 4.78 is 1.88. The van der Waals surface area contributed by atoms with E-state index in [1.165, 1.54) is 11.3 Å². The summed E-state index contributed by atoms with van der Waals surface area (Å²) in [7, 11) is 0. The largest absolute Gasteiger partial charge is 0.346 e. The van der Waals surface area contributed by atoms with Crippen molar-refractivity contribution in [1.82, 2.24) is 25.1 Å². The Labute approximate surface area is 195 Å². The lowest BCUT2D eigenvalue weighted by Crippen LogP contribution is -2.23. The Kier molecular flexibility index (Phi) is 6.04. The molecule has 3 aromatic heterocycles. The quantitative estimate of drug-likeness (QED) is 0.376. The number of thiazole rings is 1. The minimum atomic E-state index is -0.119. The summed E-state index contributed by atoms with van der Waals surface area (Å²) in [6.45, 7) is 1.09. The third-order valence-corrected chi connectivity index (χ3v) is 6.12. The SMILES string of the molecule is O=C(NCc1nc(-c2ccncc2)cs1)c1ccccc1-c1ccc(Cn2cccn2)cc1. The molecule has 33 heavy (non-hydrogen) atoms. The Hall–Kier alpha value is -4.10. The zero-order valence-electron chi connectivity index (χ0n) is 17.8. The van der Waals surface area contributed by atoms with Gasteiger partial charge in [0.25, 0.3) is 5.91 Å². The van der Waals surface area contributed by atoms with Gasteiger partial charge in [0.2, 0.25) is 0 Å². The van der Waals surface area contributed by atoms with Crippen LogP contribution in [0.1, 0.15) is 20.9 Å². The van der Waals surface area contributed by atoms with Crippen LogP contribution in [0, 0.1) is 0 Å². The lowest BCUT2D eigenvalue weighted by molar-refractivity contribution is 0.0951. The van der Waals surface area contributed by atoms with Gasteiger partial charge in [-0.25, -0.2) is 4.98 Å². The highest BCUT2D eigenvalue weighted by Crippen LogP contribution is 2.25. The van der Waals surface area contributed by atoms with Crippen molar-refractivity contribution in [3.05, 3.63) is 113 Å². The first-order valence-corrected chi connectivity index (χ1v) is 11.4. The summed E-state index contributed by atoms with van der Waals surface area (Å²) in [4.78, 5) is 21.7. The maximum absolute atomic E-state index is 13.0. The molecule has 5 rings (SSSR count). The lowest BCUT2D eigenvalue weighted by atomic mass is 9.98. The van der Waals surface area contributed by atoms with Gasteiger partial charge in [-0.1, -0.05) is 42.5 Å². The van der Waals surface area contributed by atoms with E-state index in [4.69, 9.17) is 0 Å². The predicted molar refractivity (Wildman–Crippen MR) is 130 cm³/mol. The molecule has 3 heterocycles. The van der Waals surface area contributed by atoms with Crippen molar-refractivity contribution in [1.29, 1.82) is 0 Å². The first-order chi connectivity index (χ1) is 16.3. The number of nitrogens with zero attached hydrogens (tertiary/aromatic N) is 4. The normalized spacial score (nSPS) is 10.8. The number of carbonyl (C=O) groups excluding carboxylic acids is 1. The van der Waals surface area contributed by atoms with Crippen LogP contribution in [-0.4, -0.2) is 25.7 Å². The molecule has 7 heteroatoms. The van der Waals surface area contributed by atoms with Crippen LogP contribution in [0.15, 0.2) is 96.9 Å². The van der Waals surface area contributed by atoms with E-state index >= 15 is 0 Å². The molecule has 0 radical (unpaired) electrons. The minimum Gasteiger partial charge on any atom is -0.346 e. The van der Waals surface area contributed by atoms with E-state index in [1.807, 2.05) is 70.9 Å². The van der Waals surface area contributed by atoms with E-state index in [2.05, 4.69) is 32.5 Å². The fourth-order valence-electron chi connectivity index (χ4n) is 3.60. The Morgan fingerprint density at radius 1 is 0.909 bits per heavy atom. The maximum atomic E-state index is 13.0. The standard InChI is InChI=1S/C26H21N5OS/c32-26(28-16-25-30-24(18-33-25)21-10-13-27-14-11-21)23-5-2-1-4-22(23)20-8-6-19(7-9-20)17-31-15-3-12-29-31/h1-15,18H,16-17H2,(H,28,32). The number of aromatic nitrogens is 4. The van der Waals surface area contributed by atoms with E-state index in [9.17, 15) is 4.79 Å². The summed E-state index contributed by atoms with van der Waals surface area (Å²) in [5, 5.41) is 10.1. The molecule has 0 aliphatic heterocycles. The molecule has 0 saturated heterocycles. The molecule has 0 aliphatic carbocycles. The van der Waals surface area contributed by atoms with Gasteiger partial charge in [-0.3, -0.25) is 14.5 Å². The second-order valence-corrected chi connectivity index (χ2v) is 8.43. The number of rotatable bonds is 7. The van der Waals surface area contributed by atoms with Crippen LogP contribution in [0.3, 0.4) is 0 Å². The number of pyridine rings is 1. The topological polar surface area (TPSA) is 72.7 Å². The smallest absolute Gasteiger partial charge is 0.252 e. The summed E-state index contributed by atoms with van der Waals surface area (Å²) in [6.07, 6.45) is 7.21. The van der Waals surface area contributed by atoms with Crippen molar-refractivity contribution in [2.24, 2.45) is 0 Å². The molecule has 162 valence electrons. The molecular formula is C26H21N5OS. The third kappa shape index (κ3) is 4.88. The highest BCUT2D eigenvalue weighted by atomic mass is 32.1. The number of hydrogen-bond acceptors (Lipinski definition) is 5. The molecular weight excluding hydrogens is 430 g/mol. The molecule has 2 aromatic carbocycles. The van der Waals surface area contributed by atoms with E-state index in [0.717, 1.165) is 33.0 Å². The number of amides is 1. The van der Waals surface area contributed by atoms with Gasteiger partial charge in [-0.2, -0.15) is 5.10 Å². The van der Waals surface area contributed by atoms with Gasteiger partial charge in [0, 0.05) is 41.3 Å². The Balaban J connectivity index is 1.28. The Morgan fingerprint density at radius 3 is 2.52 bits per heavy atom. The molecule has 0 bridgehead atoms. The summed E-state index contributed by atoms with van der Waals surface area (Å²) in [5.74, 6) is -0.119. The van der Waals surface area contributed by atoms with Crippen molar-refractivity contribution in [2.45, 2.75) is 13.1 Å². The molecule has 0 atom stereocenters. The van der Waals surface area contributed by atoms with Crippen LogP contribution in [0.5, 0.6) is 0 Å². The second kappa shape index (κ2) is 9.58. The highest BCUT2D eigenvalue weighted by Gasteiger charge is 2.13. The van der Waals surface area contributed by atoms with Crippen LogP contribution >= 0.6 is 11.3 Å². The van der Waals surface area contributed by atoms with E-state index in [0.29, 0.717) is 18.7 Å². The van der Waals surface area contributed by atoms with Crippen LogP contribution < -0.4 is 5.32 Å². The van der Waals surface area contributed by atoms with Crippen LogP contribution in [-0.2, 0) is 13.1 Å². The van der Waals surface area contributed by atoms with Crippen LogP contribution in [0.2, 0.25) is 0 Å². The highest BCUT2D eigenvalue weighted by molar-refractivity contribution is 7.09. The monoisotopic (exact) mass is 451 g/mol. The molecule has 5 aromatic rings. The fourth-order valence-corrected chi connectivity index (χ4v) is 4.35. The molecule has 1 N–H and O–H groups in total.